The Hall–Kier alpha value is -5.85. The van der Waals surface area contributed by atoms with Gasteiger partial charge in [-0.25, -0.2) is 0 Å². The standard InChI is InChI=1S/C44H46ClN5O7/c45-20-18-35(29-4-10-32(51)11-5-29)42(30-6-12-33(52)13-7-30)31-8-14-34(15-9-31)57-27-26-48-22-24-49(25-23-48)41(54)19-21-46-38-3-1-2-36-37(38)28-50(44(36)56)39-16-17-40(53)47-43(39)55/h1-15,39,46,51-52H,16-28H2,(H,47,53,55). The second kappa shape index (κ2) is 18.0. The molecule has 3 heterocycles. The van der Waals surface area contributed by atoms with E-state index in [0.717, 1.165) is 64.5 Å². The van der Waals surface area contributed by atoms with Crippen LogP contribution in [-0.4, -0.2) is 106 Å². The molecule has 12 nitrogen and oxygen atoms in total. The van der Waals surface area contributed by atoms with Gasteiger partial charge in [-0.05, 0) is 89.2 Å². The number of phenols is 2. The third-order valence-electron chi connectivity index (χ3n) is 10.8. The molecular formula is C44H46ClN5O7. The number of piperidine rings is 1. The van der Waals surface area contributed by atoms with Gasteiger partial charge in [0.25, 0.3) is 5.91 Å². The molecule has 4 aromatic carbocycles. The summed E-state index contributed by atoms with van der Waals surface area (Å²) in [5.74, 6) is 0.594. The number of imide groups is 1. The summed E-state index contributed by atoms with van der Waals surface area (Å²) in [6.45, 7) is 4.63. The van der Waals surface area contributed by atoms with E-state index in [-0.39, 0.29) is 42.2 Å². The maximum Gasteiger partial charge on any atom is 0.255 e. The van der Waals surface area contributed by atoms with Gasteiger partial charge in [-0.1, -0.05) is 42.5 Å². The molecule has 13 heteroatoms. The van der Waals surface area contributed by atoms with Crippen molar-refractivity contribution in [2.75, 3.05) is 57.1 Å². The van der Waals surface area contributed by atoms with Gasteiger partial charge < -0.3 is 30.1 Å². The fraction of sp³-hybridized carbons (Fsp3) is 0.318. The van der Waals surface area contributed by atoms with Crippen LogP contribution in [0.15, 0.2) is 91.0 Å². The van der Waals surface area contributed by atoms with Crippen molar-refractivity contribution in [3.05, 3.63) is 119 Å². The van der Waals surface area contributed by atoms with Gasteiger partial charge in [-0.2, -0.15) is 0 Å². The zero-order valence-electron chi connectivity index (χ0n) is 31.6. The summed E-state index contributed by atoms with van der Waals surface area (Å²) in [5, 5.41) is 25.5. The summed E-state index contributed by atoms with van der Waals surface area (Å²) >= 11 is 6.29. The molecule has 0 radical (unpaired) electrons. The number of piperazine rings is 1. The van der Waals surface area contributed by atoms with E-state index in [2.05, 4.69) is 15.5 Å². The molecule has 4 N–H and O–H groups in total. The molecule has 57 heavy (non-hydrogen) atoms. The number of carbonyl (C=O) groups excluding carboxylic acids is 4. The first-order valence-corrected chi connectivity index (χ1v) is 19.8. The first kappa shape index (κ1) is 39.4. The molecule has 4 amide bonds. The molecular weight excluding hydrogens is 746 g/mol. The number of nitrogens with zero attached hydrogens (tertiary/aromatic N) is 3. The SMILES string of the molecule is O=C1CCC(N2Cc3c(NCCC(=O)N4CCN(CCOc5ccc(C(=C(CCCl)c6ccc(O)cc6)c6ccc(O)cc6)cc5)CC4)cccc3C2=O)C(=O)N1. The Morgan fingerprint density at radius 1 is 0.825 bits per heavy atom. The Kier molecular flexibility index (Phi) is 12.4. The van der Waals surface area contributed by atoms with Gasteiger partial charge in [-0.3, -0.25) is 29.4 Å². The third kappa shape index (κ3) is 9.24. The lowest BCUT2D eigenvalue weighted by molar-refractivity contribution is -0.137. The monoisotopic (exact) mass is 791 g/mol. The first-order chi connectivity index (χ1) is 27.7. The number of benzene rings is 4. The highest BCUT2D eigenvalue weighted by atomic mass is 35.5. The molecule has 0 saturated carbocycles. The van der Waals surface area contributed by atoms with Crippen LogP contribution in [0.2, 0.25) is 0 Å². The summed E-state index contributed by atoms with van der Waals surface area (Å²) in [7, 11) is 0. The summed E-state index contributed by atoms with van der Waals surface area (Å²) in [5.41, 5.74) is 6.95. The predicted octanol–water partition coefficient (Wildman–Crippen LogP) is 5.47. The quantitative estimate of drug-likeness (QED) is 0.0741. The van der Waals surface area contributed by atoms with Crippen LogP contribution in [0.3, 0.4) is 0 Å². The predicted molar refractivity (Wildman–Crippen MR) is 218 cm³/mol. The van der Waals surface area contributed by atoms with Crippen molar-refractivity contribution in [1.82, 2.24) is 20.0 Å². The lowest BCUT2D eigenvalue weighted by Gasteiger charge is -2.34. The Morgan fingerprint density at radius 3 is 2.12 bits per heavy atom. The second-order valence-corrected chi connectivity index (χ2v) is 14.8. The summed E-state index contributed by atoms with van der Waals surface area (Å²) < 4.78 is 6.14. The van der Waals surface area contributed by atoms with Crippen LogP contribution in [-0.2, 0) is 20.9 Å². The molecule has 2 fully saturated rings. The number of rotatable bonds is 14. The molecule has 3 aliphatic rings. The number of halogens is 1. The number of hydrogen-bond donors (Lipinski definition) is 4. The van der Waals surface area contributed by atoms with Crippen LogP contribution in [0.4, 0.5) is 5.69 Å². The molecule has 4 aromatic rings. The third-order valence-corrected chi connectivity index (χ3v) is 11.0. The van der Waals surface area contributed by atoms with E-state index in [4.69, 9.17) is 16.3 Å². The van der Waals surface area contributed by atoms with E-state index in [0.29, 0.717) is 56.9 Å². The number of carbonyl (C=O) groups is 4. The van der Waals surface area contributed by atoms with Gasteiger partial charge in [0.05, 0.1) is 0 Å². The van der Waals surface area contributed by atoms with Crippen LogP contribution in [0.25, 0.3) is 11.1 Å². The van der Waals surface area contributed by atoms with E-state index in [1.54, 1.807) is 36.4 Å². The lowest BCUT2D eigenvalue weighted by atomic mass is 9.88. The van der Waals surface area contributed by atoms with Gasteiger partial charge >= 0.3 is 0 Å². The number of fused-ring (bicyclic) bond motifs is 1. The van der Waals surface area contributed by atoms with Crippen LogP contribution in [0.5, 0.6) is 17.2 Å². The highest BCUT2D eigenvalue weighted by Crippen LogP contribution is 2.37. The Labute approximate surface area is 336 Å². The average Bonchev–Trinajstić information content (AvgIpc) is 3.55. The fourth-order valence-corrected chi connectivity index (χ4v) is 7.95. The first-order valence-electron chi connectivity index (χ1n) is 19.3. The molecule has 0 bridgehead atoms. The average molecular weight is 792 g/mol. The molecule has 0 aliphatic carbocycles. The Balaban J connectivity index is 0.882. The van der Waals surface area contributed by atoms with E-state index in [9.17, 15) is 29.4 Å². The van der Waals surface area contributed by atoms with Gasteiger partial charge in [0.2, 0.25) is 17.7 Å². The number of ether oxygens (including phenoxy) is 1. The molecule has 7 rings (SSSR count). The maximum absolute atomic E-state index is 13.1. The lowest BCUT2D eigenvalue weighted by Crippen LogP contribution is -2.52. The van der Waals surface area contributed by atoms with Crippen molar-refractivity contribution < 1.29 is 34.1 Å². The van der Waals surface area contributed by atoms with Gasteiger partial charge in [-0.15, -0.1) is 11.6 Å². The van der Waals surface area contributed by atoms with E-state index in [1.165, 1.54) is 4.90 Å². The van der Waals surface area contributed by atoms with Gasteiger partial charge in [0, 0.05) is 81.3 Å². The van der Waals surface area contributed by atoms with Crippen molar-refractivity contribution in [2.45, 2.75) is 38.3 Å². The van der Waals surface area contributed by atoms with E-state index in [1.807, 2.05) is 59.5 Å². The van der Waals surface area contributed by atoms with Crippen LogP contribution in [0, 0.1) is 0 Å². The summed E-state index contributed by atoms with van der Waals surface area (Å²) in [6.07, 6.45) is 1.41. The van der Waals surface area contributed by atoms with Gasteiger partial charge in [0.15, 0.2) is 0 Å². The minimum Gasteiger partial charge on any atom is -0.508 e. The molecule has 0 aromatic heterocycles. The molecule has 1 atom stereocenters. The van der Waals surface area contributed by atoms with Crippen molar-refractivity contribution >= 4 is 52.1 Å². The molecule has 1 unspecified atom stereocenters. The smallest absolute Gasteiger partial charge is 0.255 e. The second-order valence-electron chi connectivity index (χ2n) is 14.4. The zero-order chi connectivity index (χ0) is 39.9. The minimum atomic E-state index is -0.678. The molecule has 296 valence electrons. The van der Waals surface area contributed by atoms with Crippen LogP contribution < -0.4 is 15.4 Å². The maximum atomic E-state index is 13.1. The Morgan fingerprint density at radius 2 is 1.47 bits per heavy atom. The van der Waals surface area contributed by atoms with Crippen molar-refractivity contribution in [3.63, 3.8) is 0 Å². The van der Waals surface area contributed by atoms with Crippen molar-refractivity contribution in [1.29, 1.82) is 0 Å². The number of amides is 4. The highest BCUT2D eigenvalue weighted by Gasteiger charge is 2.40. The fourth-order valence-electron chi connectivity index (χ4n) is 7.76. The van der Waals surface area contributed by atoms with Gasteiger partial charge in [0.1, 0.15) is 29.9 Å². The van der Waals surface area contributed by atoms with Crippen molar-refractivity contribution in [2.24, 2.45) is 0 Å². The number of allylic oxidation sites excluding steroid dienone is 1. The summed E-state index contributed by atoms with van der Waals surface area (Å²) in [4.78, 5) is 56.0. The zero-order valence-corrected chi connectivity index (χ0v) is 32.3. The number of nitrogens with one attached hydrogen (secondary N) is 2. The number of phenolic OH excluding ortho intramolecular Hbond substituents is 2. The largest absolute Gasteiger partial charge is 0.508 e. The highest BCUT2D eigenvalue weighted by molar-refractivity contribution is 6.18. The van der Waals surface area contributed by atoms with E-state index < -0.39 is 11.9 Å². The minimum absolute atomic E-state index is 0.0626. The summed E-state index contributed by atoms with van der Waals surface area (Å²) in [6, 6.07) is 26.9. The van der Waals surface area contributed by atoms with E-state index >= 15 is 0 Å². The Bertz CT molecular complexity index is 2130. The van der Waals surface area contributed by atoms with Crippen LogP contribution >= 0.6 is 11.6 Å². The number of alkyl halides is 1. The normalized spacial score (nSPS) is 17.6. The molecule has 0 spiro atoms. The molecule has 2 saturated heterocycles. The topological polar surface area (TPSA) is 152 Å². The number of hydrogen-bond acceptors (Lipinski definition) is 9. The van der Waals surface area contributed by atoms with Crippen molar-refractivity contribution in [3.8, 4) is 17.2 Å². The number of anilines is 1. The number of aromatic hydroxyl groups is 2. The molecule has 3 aliphatic heterocycles. The van der Waals surface area contributed by atoms with Crippen LogP contribution in [0.1, 0.15) is 58.3 Å².